The van der Waals surface area contributed by atoms with E-state index >= 15 is 0 Å². The molecule has 0 aliphatic carbocycles. The Bertz CT molecular complexity index is 823. The molecule has 0 unspecified atom stereocenters. The molecule has 1 aliphatic rings. The van der Waals surface area contributed by atoms with Crippen LogP contribution in [0.5, 0.6) is 5.75 Å². The minimum Gasteiger partial charge on any atom is -0.481 e. The van der Waals surface area contributed by atoms with Crippen LogP contribution in [-0.4, -0.2) is 52.3 Å². The molecule has 0 aromatic heterocycles. The molecule has 1 aromatic carbocycles. The van der Waals surface area contributed by atoms with Crippen molar-refractivity contribution in [2.45, 2.75) is 19.9 Å². The van der Waals surface area contributed by atoms with Crippen LogP contribution in [0.25, 0.3) is 6.08 Å². The highest BCUT2D eigenvalue weighted by molar-refractivity contribution is 9.10. The molecule has 1 aliphatic heterocycles. The SMILES string of the molecule is CCOC(=O)[C@@H](C)N1C(=O)S/C(=C\c2ccc(OCC(=O)O)c(Br)c2)C1=O. The van der Waals surface area contributed by atoms with Gasteiger partial charge in [-0.1, -0.05) is 6.07 Å². The van der Waals surface area contributed by atoms with E-state index in [0.717, 1.165) is 16.7 Å². The zero-order valence-corrected chi connectivity index (χ0v) is 16.8. The highest BCUT2D eigenvalue weighted by Crippen LogP contribution is 2.35. The van der Waals surface area contributed by atoms with E-state index in [0.29, 0.717) is 15.8 Å². The summed E-state index contributed by atoms with van der Waals surface area (Å²) in [5.41, 5.74) is 0.596. The fourth-order valence-corrected chi connectivity index (χ4v) is 3.62. The van der Waals surface area contributed by atoms with Gasteiger partial charge in [0.05, 0.1) is 16.0 Å². The van der Waals surface area contributed by atoms with Crippen LogP contribution in [0.15, 0.2) is 27.6 Å². The Kier molecular flexibility index (Phi) is 7.03. The van der Waals surface area contributed by atoms with Gasteiger partial charge in [-0.05, 0) is 65.3 Å². The Labute approximate surface area is 167 Å². The lowest BCUT2D eigenvalue weighted by Gasteiger charge is -2.19. The first-order valence-electron chi connectivity index (χ1n) is 7.82. The van der Waals surface area contributed by atoms with Crippen LogP contribution in [0.2, 0.25) is 0 Å². The number of thioether (sulfide) groups is 1. The molecular weight excluding hydrogens is 442 g/mol. The van der Waals surface area contributed by atoms with Gasteiger partial charge in [0.1, 0.15) is 11.8 Å². The summed E-state index contributed by atoms with van der Waals surface area (Å²) in [4.78, 5) is 48.1. The lowest BCUT2D eigenvalue weighted by atomic mass is 10.2. The number of hydrogen-bond donors (Lipinski definition) is 1. The van der Waals surface area contributed by atoms with Crippen molar-refractivity contribution in [3.05, 3.63) is 33.1 Å². The fourth-order valence-electron chi connectivity index (χ4n) is 2.20. The Morgan fingerprint density at radius 1 is 1.37 bits per heavy atom. The average molecular weight is 458 g/mol. The number of carbonyl (C=O) groups excluding carboxylic acids is 3. The summed E-state index contributed by atoms with van der Waals surface area (Å²) in [7, 11) is 0. The van der Waals surface area contributed by atoms with E-state index in [4.69, 9.17) is 14.6 Å². The molecule has 2 rings (SSSR count). The third-order valence-corrected chi connectivity index (χ3v) is 4.95. The quantitative estimate of drug-likeness (QED) is 0.491. The summed E-state index contributed by atoms with van der Waals surface area (Å²) in [5, 5.41) is 8.10. The van der Waals surface area contributed by atoms with Gasteiger partial charge in [0, 0.05) is 0 Å². The monoisotopic (exact) mass is 457 g/mol. The number of carbonyl (C=O) groups is 4. The predicted octanol–water partition coefficient (Wildman–Crippen LogP) is 2.90. The van der Waals surface area contributed by atoms with Gasteiger partial charge in [-0.2, -0.15) is 0 Å². The molecule has 1 fully saturated rings. The molecule has 144 valence electrons. The van der Waals surface area contributed by atoms with Gasteiger partial charge >= 0.3 is 11.9 Å². The minimum absolute atomic E-state index is 0.152. The number of amides is 2. The topological polar surface area (TPSA) is 110 Å². The largest absolute Gasteiger partial charge is 0.481 e. The lowest BCUT2D eigenvalue weighted by Crippen LogP contribution is -2.42. The maximum atomic E-state index is 12.5. The van der Waals surface area contributed by atoms with Gasteiger partial charge in [-0.3, -0.25) is 14.5 Å². The normalized spacial score (nSPS) is 16.6. The lowest BCUT2D eigenvalue weighted by molar-refractivity contribution is -0.150. The van der Waals surface area contributed by atoms with E-state index in [2.05, 4.69) is 15.9 Å². The first-order chi connectivity index (χ1) is 12.7. The van der Waals surface area contributed by atoms with E-state index < -0.39 is 35.7 Å². The summed E-state index contributed by atoms with van der Waals surface area (Å²) >= 11 is 4.00. The average Bonchev–Trinajstić information content (AvgIpc) is 2.87. The van der Waals surface area contributed by atoms with Crippen molar-refractivity contribution in [2.24, 2.45) is 0 Å². The molecule has 0 bridgehead atoms. The van der Waals surface area contributed by atoms with Gasteiger partial charge in [0.25, 0.3) is 11.1 Å². The van der Waals surface area contributed by atoms with Crippen molar-refractivity contribution in [1.29, 1.82) is 0 Å². The Hall–Kier alpha value is -2.33. The number of halogens is 1. The van der Waals surface area contributed by atoms with Crippen LogP contribution in [-0.2, 0) is 19.1 Å². The summed E-state index contributed by atoms with van der Waals surface area (Å²) in [5.74, 6) is -1.99. The number of aliphatic carboxylic acids is 1. The van der Waals surface area contributed by atoms with Crippen molar-refractivity contribution >= 4 is 56.9 Å². The Morgan fingerprint density at radius 3 is 2.67 bits per heavy atom. The number of esters is 1. The van der Waals surface area contributed by atoms with E-state index in [9.17, 15) is 19.2 Å². The molecule has 1 saturated heterocycles. The number of imide groups is 1. The zero-order chi connectivity index (χ0) is 20.1. The third-order valence-electron chi connectivity index (χ3n) is 3.44. The summed E-state index contributed by atoms with van der Waals surface area (Å²) < 4.78 is 10.5. The van der Waals surface area contributed by atoms with Crippen LogP contribution in [0.4, 0.5) is 4.79 Å². The molecule has 1 atom stereocenters. The van der Waals surface area contributed by atoms with Crippen LogP contribution >= 0.6 is 27.7 Å². The Balaban J connectivity index is 2.18. The first kappa shape index (κ1) is 21.0. The summed E-state index contributed by atoms with van der Waals surface area (Å²) in [6.45, 7) is 2.74. The van der Waals surface area contributed by atoms with Crippen molar-refractivity contribution < 1.29 is 33.8 Å². The molecule has 1 heterocycles. The maximum absolute atomic E-state index is 12.5. The van der Waals surface area contributed by atoms with E-state index in [1.54, 1.807) is 25.1 Å². The molecule has 0 spiro atoms. The van der Waals surface area contributed by atoms with Crippen molar-refractivity contribution in [1.82, 2.24) is 4.90 Å². The molecule has 8 nitrogen and oxygen atoms in total. The van der Waals surface area contributed by atoms with Gasteiger partial charge in [-0.25, -0.2) is 9.59 Å². The molecule has 1 N–H and O–H groups in total. The van der Waals surface area contributed by atoms with Crippen molar-refractivity contribution in [3.63, 3.8) is 0 Å². The van der Waals surface area contributed by atoms with Gasteiger partial charge in [0.2, 0.25) is 0 Å². The minimum atomic E-state index is -1.10. The maximum Gasteiger partial charge on any atom is 0.341 e. The van der Waals surface area contributed by atoms with Crippen molar-refractivity contribution in [3.8, 4) is 5.75 Å². The summed E-state index contributed by atoms with van der Waals surface area (Å²) in [6.07, 6.45) is 1.51. The molecule has 0 radical (unpaired) electrons. The molecule has 1 aromatic rings. The number of rotatable bonds is 7. The van der Waals surface area contributed by atoms with Crippen LogP contribution in [0, 0.1) is 0 Å². The molecule has 0 saturated carbocycles. The number of nitrogens with zero attached hydrogens (tertiary/aromatic N) is 1. The van der Waals surface area contributed by atoms with Crippen LogP contribution in [0.1, 0.15) is 19.4 Å². The second-order valence-electron chi connectivity index (χ2n) is 5.35. The number of hydrogen-bond acceptors (Lipinski definition) is 7. The molecule has 10 heteroatoms. The standard InChI is InChI=1S/C17H16BrNO7S/c1-3-25-16(23)9(2)19-15(22)13(27-17(19)24)7-10-4-5-12(11(18)6-10)26-8-14(20)21/h4-7,9H,3,8H2,1-2H3,(H,20,21)/b13-7-/t9-/m1/s1. The van der Waals surface area contributed by atoms with Gasteiger partial charge in [0.15, 0.2) is 6.61 Å². The molecule has 27 heavy (non-hydrogen) atoms. The zero-order valence-electron chi connectivity index (χ0n) is 14.4. The fraction of sp³-hybridized carbons (Fsp3) is 0.294. The highest BCUT2D eigenvalue weighted by Gasteiger charge is 2.41. The Morgan fingerprint density at radius 2 is 2.07 bits per heavy atom. The smallest absolute Gasteiger partial charge is 0.341 e. The number of carboxylic acids is 1. The van der Waals surface area contributed by atoms with Crippen molar-refractivity contribution in [2.75, 3.05) is 13.2 Å². The van der Waals surface area contributed by atoms with Gasteiger partial charge < -0.3 is 14.6 Å². The number of benzene rings is 1. The second-order valence-corrected chi connectivity index (χ2v) is 7.20. The van der Waals surface area contributed by atoms with E-state index in [1.807, 2.05) is 0 Å². The number of ether oxygens (including phenoxy) is 2. The van der Waals surface area contributed by atoms with E-state index in [1.165, 1.54) is 13.0 Å². The summed E-state index contributed by atoms with van der Waals surface area (Å²) in [6, 6.07) is 3.77. The predicted molar refractivity (Wildman–Crippen MR) is 101 cm³/mol. The van der Waals surface area contributed by atoms with Gasteiger partial charge in [-0.15, -0.1) is 0 Å². The van der Waals surface area contributed by atoms with E-state index in [-0.39, 0.29) is 11.5 Å². The van der Waals surface area contributed by atoms with Crippen LogP contribution < -0.4 is 4.74 Å². The third kappa shape index (κ3) is 5.10. The highest BCUT2D eigenvalue weighted by atomic mass is 79.9. The molecule has 2 amide bonds. The second kappa shape index (κ2) is 9.05. The van der Waals surface area contributed by atoms with Crippen LogP contribution in [0.3, 0.4) is 0 Å². The number of carboxylic acid groups (broad SMARTS) is 1. The molecular formula is C17H16BrNO7S. The first-order valence-corrected chi connectivity index (χ1v) is 9.43.